The number of benzene rings is 2. The molecule has 0 atom stereocenters. The standard InChI is InChI=1S/C30H36ClFN8O/c1-38-12-14-39(15-13-38)20-7-9-21(10-8-20)40-30-27(29(33)35-18-36-30)28(37-40)19-6-11-25(26(16-19)41-2)34-17-22-23(31)4-3-5-24(22)32/h3-6,11,16,18,20-21,34H,7-10,12-15,17H2,1-2H3,(H2,33,35,36). The molecule has 3 heterocycles. The van der Waals surface area contributed by atoms with Crippen molar-refractivity contribution >= 4 is 34.1 Å². The molecule has 0 bridgehead atoms. The summed E-state index contributed by atoms with van der Waals surface area (Å²) < 4.78 is 22.1. The van der Waals surface area contributed by atoms with Crippen LogP contribution in [0.5, 0.6) is 5.75 Å². The van der Waals surface area contributed by atoms with E-state index >= 15 is 0 Å². The van der Waals surface area contributed by atoms with Crippen molar-refractivity contribution in [2.24, 2.45) is 0 Å². The van der Waals surface area contributed by atoms with E-state index < -0.39 is 0 Å². The van der Waals surface area contributed by atoms with Crippen LogP contribution in [0.15, 0.2) is 42.7 Å². The minimum Gasteiger partial charge on any atom is -0.495 e. The summed E-state index contributed by atoms with van der Waals surface area (Å²) >= 11 is 6.21. The van der Waals surface area contributed by atoms with Gasteiger partial charge in [0.1, 0.15) is 29.4 Å². The maximum absolute atomic E-state index is 14.3. The third-order valence-corrected chi connectivity index (χ3v) is 8.93. The van der Waals surface area contributed by atoms with E-state index in [1.54, 1.807) is 19.2 Å². The van der Waals surface area contributed by atoms with Crippen molar-refractivity contribution in [2.45, 2.75) is 44.3 Å². The van der Waals surface area contributed by atoms with E-state index in [2.05, 4.69) is 36.8 Å². The number of hydrogen-bond donors (Lipinski definition) is 2. The molecule has 2 aliphatic rings. The van der Waals surface area contributed by atoms with Gasteiger partial charge in [-0.1, -0.05) is 23.7 Å². The molecule has 0 radical (unpaired) electrons. The summed E-state index contributed by atoms with van der Waals surface area (Å²) in [5.41, 5.74) is 9.84. The first-order valence-electron chi connectivity index (χ1n) is 14.2. The van der Waals surface area contributed by atoms with E-state index in [9.17, 15) is 4.39 Å². The number of hydrogen-bond acceptors (Lipinski definition) is 8. The fourth-order valence-corrected chi connectivity index (χ4v) is 6.41. The second kappa shape index (κ2) is 11.8. The molecule has 0 amide bonds. The first-order valence-corrected chi connectivity index (χ1v) is 14.6. The topological polar surface area (TPSA) is 97.4 Å². The molecule has 216 valence electrons. The normalized spacial score (nSPS) is 20.4. The number of piperazine rings is 1. The van der Waals surface area contributed by atoms with Gasteiger partial charge in [-0.05, 0) is 57.0 Å². The van der Waals surface area contributed by atoms with Crippen LogP contribution < -0.4 is 15.8 Å². The second-order valence-electron chi connectivity index (χ2n) is 11.0. The Kier molecular flexibility index (Phi) is 7.96. The van der Waals surface area contributed by atoms with Crippen LogP contribution in [-0.2, 0) is 6.54 Å². The first kappa shape index (κ1) is 27.7. The Morgan fingerprint density at radius 3 is 2.54 bits per heavy atom. The molecule has 2 fully saturated rings. The number of anilines is 2. The number of rotatable bonds is 7. The van der Waals surface area contributed by atoms with Gasteiger partial charge in [0.05, 0.1) is 24.2 Å². The van der Waals surface area contributed by atoms with E-state index in [1.807, 2.05) is 18.2 Å². The quantitative estimate of drug-likeness (QED) is 0.308. The SMILES string of the molecule is COc1cc(-c2nn(C3CCC(N4CCN(C)CC4)CC3)c3ncnc(N)c23)ccc1NCc1c(F)cccc1Cl. The summed E-state index contributed by atoms with van der Waals surface area (Å²) in [7, 11) is 3.80. The molecule has 0 spiro atoms. The number of likely N-dealkylation sites (N-methyl/N-ethyl adjacent to an activating group) is 1. The maximum atomic E-state index is 14.3. The highest BCUT2D eigenvalue weighted by atomic mass is 35.5. The third kappa shape index (κ3) is 5.56. The monoisotopic (exact) mass is 578 g/mol. The summed E-state index contributed by atoms with van der Waals surface area (Å²) in [6.07, 6.45) is 5.89. The lowest BCUT2D eigenvalue weighted by molar-refractivity contribution is 0.0815. The zero-order chi connectivity index (χ0) is 28.5. The highest BCUT2D eigenvalue weighted by Gasteiger charge is 2.30. The highest BCUT2D eigenvalue weighted by molar-refractivity contribution is 6.31. The van der Waals surface area contributed by atoms with Crippen LogP contribution in [0.1, 0.15) is 37.3 Å². The van der Waals surface area contributed by atoms with Gasteiger partial charge in [0, 0.05) is 54.9 Å². The molecule has 1 saturated heterocycles. The molecular formula is C30H36ClFN8O. The molecule has 1 saturated carbocycles. The average molecular weight is 579 g/mol. The molecule has 11 heteroatoms. The minimum atomic E-state index is -0.356. The van der Waals surface area contributed by atoms with E-state index in [0.717, 1.165) is 74.2 Å². The molecular weight excluding hydrogens is 543 g/mol. The number of fused-ring (bicyclic) bond motifs is 1. The van der Waals surface area contributed by atoms with Crippen molar-refractivity contribution in [3.8, 4) is 17.0 Å². The van der Waals surface area contributed by atoms with Crippen LogP contribution in [0.4, 0.5) is 15.9 Å². The van der Waals surface area contributed by atoms with Crippen molar-refractivity contribution in [1.82, 2.24) is 29.5 Å². The summed E-state index contributed by atoms with van der Waals surface area (Å²) in [4.78, 5) is 14.0. The smallest absolute Gasteiger partial charge is 0.164 e. The number of nitrogen functional groups attached to an aromatic ring is 1. The van der Waals surface area contributed by atoms with Gasteiger partial charge in [-0.25, -0.2) is 19.0 Å². The highest BCUT2D eigenvalue weighted by Crippen LogP contribution is 2.39. The van der Waals surface area contributed by atoms with E-state index in [1.165, 1.54) is 12.4 Å². The Hall–Kier alpha value is -3.47. The Morgan fingerprint density at radius 1 is 1.05 bits per heavy atom. The van der Waals surface area contributed by atoms with Crippen molar-refractivity contribution in [3.63, 3.8) is 0 Å². The van der Waals surface area contributed by atoms with Crippen molar-refractivity contribution in [3.05, 3.63) is 59.1 Å². The molecule has 2 aromatic heterocycles. The zero-order valence-corrected chi connectivity index (χ0v) is 24.2. The molecule has 6 rings (SSSR count). The van der Waals surface area contributed by atoms with Gasteiger partial charge in [0.15, 0.2) is 5.65 Å². The molecule has 9 nitrogen and oxygen atoms in total. The fourth-order valence-electron chi connectivity index (χ4n) is 6.18. The van der Waals surface area contributed by atoms with Crippen molar-refractivity contribution in [2.75, 3.05) is 51.4 Å². The number of nitrogens with zero attached hydrogens (tertiary/aromatic N) is 6. The second-order valence-corrected chi connectivity index (χ2v) is 11.4. The lowest BCUT2D eigenvalue weighted by atomic mass is 9.90. The molecule has 2 aromatic carbocycles. The number of nitrogens with one attached hydrogen (secondary N) is 1. The predicted octanol–water partition coefficient (Wildman–Crippen LogP) is 5.22. The lowest BCUT2D eigenvalue weighted by Crippen LogP contribution is -2.49. The van der Waals surface area contributed by atoms with Gasteiger partial charge >= 0.3 is 0 Å². The number of ether oxygens (including phenoxy) is 1. The Balaban J connectivity index is 1.25. The van der Waals surface area contributed by atoms with Crippen LogP contribution in [0, 0.1) is 5.82 Å². The van der Waals surface area contributed by atoms with Gasteiger partial charge in [-0.3, -0.25) is 4.90 Å². The summed E-state index contributed by atoms with van der Waals surface area (Å²) in [6, 6.07) is 11.3. The van der Waals surface area contributed by atoms with Gasteiger partial charge in [-0.15, -0.1) is 0 Å². The summed E-state index contributed by atoms with van der Waals surface area (Å²) in [5.74, 6) is 0.643. The van der Waals surface area contributed by atoms with Crippen LogP contribution in [0.2, 0.25) is 5.02 Å². The van der Waals surface area contributed by atoms with Gasteiger partial charge in [0.25, 0.3) is 0 Å². The van der Waals surface area contributed by atoms with Crippen LogP contribution in [0.3, 0.4) is 0 Å². The zero-order valence-electron chi connectivity index (χ0n) is 23.5. The molecule has 41 heavy (non-hydrogen) atoms. The first-order chi connectivity index (χ1) is 19.9. The summed E-state index contributed by atoms with van der Waals surface area (Å²) in [5, 5.41) is 9.45. The minimum absolute atomic E-state index is 0.219. The number of aromatic nitrogens is 4. The molecule has 0 unspecified atom stereocenters. The largest absolute Gasteiger partial charge is 0.495 e. The number of halogens is 2. The van der Waals surface area contributed by atoms with E-state index in [4.69, 9.17) is 27.2 Å². The fraction of sp³-hybridized carbons (Fsp3) is 0.433. The van der Waals surface area contributed by atoms with E-state index in [0.29, 0.717) is 33.9 Å². The Labute approximate surface area is 244 Å². The van der Waals surface area contributed by atoms with Crippen LogP contribution in [-0.4, -0.2) is 75.9 Å². The molecule has 4 aromatic rings. The summed E-state index contributed by atoms with van der Waals surface area (Å²) in [6.45, 7) is 4.78. The number of nitrogens with two attached hydrogens (primary N) is 1. The van der Waals surface area contributed by atoms with Crippen molar-refractivity contribution in [1.29, 1.82) is 0 Å². The molecule has 1 aliphatic heterocycles. The van der Waals surface area contributed by atoms with Crippen LogP contribution in [0.25, 0.3) is 22.3 Å². The Morgan fingerprint density at radius 2 is 1.80 bits per heavy atom. The van der Waals surface area contributed by atoms with Gasteiger partial charge in [-0.2, -0.15) is 5.10 Å². The Bertz CT molecular complexity index is 1510. The number of methoxy groups -OCH3 is 1. The van der Waals surface area contributed by atoms with E-state index in [-0.39, 0.29) is 18.4 Å². The average Bonchev–Trinajstić information content (AvgIpc) is 3.38. The lowest BCUT2D eigenvalue weighted by Gasteiger charge is -2.41. The molecule has 3 N–H and O–H groups in total. The van der Waals surface area contributed by atoms with Gasteiger partial charge < -0.3 is 20.7 Å². The molecule has 1 aliphatic carbocycles. The van der Waals surface area contributed by atoms with Gasteiger partial charge in [0.2, 0.25) is 0 Å². The predicted molar refractivity (Wildman–Crippen MR) is 161 cm³/mol. The van der Waals surface area contributed by atoms with Crippen LogP contribution >= 0.6 is 11.6 Å². The van der Waals surface area contributed by atoms with Crippen molar-refractivity contribution < 1.29 is 9.13 Å². The third-order valence-electron chi connectivity index (χ3n) is 8.58. The maximum Gasteiger partial charge on any atom is 0.164 e.